The predicted octanol–water partition coefficient (Wildman–Crippen LogP) is 4.88. The van der Waals surface area contributed by atoms with Crippen LogP contribution in [-0.4, -0.2) is 15.9 Å². The van der Waals surface area contributed by atoms with E-state index in [0.29, 0.717) is 0 Å². The lowest BCUT2D eigenvalue weighted by molar-refractivity contribution is 0.102. The van der Waals surface area contributed by atoms with E-state index in [1.807, 2.05) is 32.0 Å². The van der Waals surface area contributed by atoms with Crippen LogP contribution in [0.2, 0.25) is 0 Å². The molecule has 0 radical (unpaired) electrons. The third-order valence-electron chi connectivity index (χ3n) is 4.30. The molecule has 0 fully saturated rings. The molecule has 7 heteroatoms. The van der Waals surface area contributed by atoms with Crippen LogP contribution in [0.1, 0.15) is 35.5 Å². The van der Waals surface area contributed by atoms with Crippen LogP contribution in [-0.2, 0) is 12.8 Å². The number of aryl methyl sites for hydroxylation is 2. The van der Waals surface area contributed by atoms with Gasteiger partial charge in [-0.25, -0.2) is 18.7 Å². The monoisotopic (exact) mass is 382 g/mol. The Bertz CT molecular complexity index is 985. The van der Waals surface area contributed by atoms with Crippen molar-refractivity contribution in [3.8, 4) is 0 Å². The quantitative estimate of drug-likeness (QED) is 0.638. The fourth-order valence-corrected chi connectivity index (χ4v) is 2.84. The van der Waals surface area contributed by atoms with Crippen LogP contribution in [0.3, 0.4) is 0 Å². The summed E-state index contributed by atoms with van der Waals surface area (Å²) in [6.45, 7) is 4.04. The molecule has 3 aromatic rings. The van der Waals surface area contributed by atoms with Crippen LogP contribution in [0.25, 0.3) is 0 Å². The molecule has 0 atom stereocenters. The van der Waals surface area contributed by atoms with Crippen LogP contribution < -0.4 is 10.6 Å². The lowest BCUT2D eigenvalue weighted by atomic mass is 10.0. The second-order valence-corrected chi connectivity index (χ2v) is 6.13. The molecule has 1 aromatic heterocycles. The Morgan fingerprint density at radius 3 is 2.39 bits per heavy atom. The topological polar surface area (TPSA) is 66.9 Å². The van der Waals surface area contributed by atoms with Gasteiger partial charge >= 0.3 is 0 Å². The van der Waals surface area contributed by atoms with Crippen LogP contribution in [0.15, 0.2) is 48.7 Å². The van der Waals surface area contributed by atoms with E-state index in [-0.39, 0.29) is 23.2 Å². The number of amides is 1. The summed E-state index contributed by atoms with van der Waals surface area (Å²) in [5.74, 6) is -1.81. The first-order valence-electron chi connectivity index (χ1n) is 8.99. The Morgan fingerprint density at radius 1 is 1.04 bits per heavy atom. The van der Waals surface area contributed by atoms with E-state index in [9.17, 15) is 13.6 Å². The zero-order valence-electron chi connectivity index (χ0n) is 15.6. The van der Waals surface area contributed by atoms with Crippen LogP contribution in [0, 0.1) is 11.6 Å². The Morgan fingerprint density at radius 2 is 1.75 bits per heavy atom. The minimum atomic E-state index is -0.775. The number of benzene rings is 2. The molecular formula is C21H20F2N4O. The molecule has 1 heterocycles. The molecule has 0 aliphatic carbocycles. The number of carbonyl (C=O) groups excluding carboxylic acids is 1. The number of anilines is 3. The number of aromatic nitrogens is 2. The summed E-state index contributed by atoms with van der Waals surface area (Å²) in [5.41, 5.74) is 3.01. The van der Waals surface area contributed by atoms with Gasteiger partial charge < -0.3 is 10.6 Å². The van der Waals surface area contributed by atoms with E-state index in [4.69, 9.17) is 0 Å². The number of hydrogen-bond donors (Lipinski definition) is 2. The molecule has 0 aliphatic rings. The summed E-state index contributed by atoms with van der Waals surface area (Å²) >= 11 is 0. The Balaban J connectivity index is 1.83. The maximum absolute atomic E-state index is 13.8. The molecule has 0 saturated heterocycles. The molecule has 3 rings (SSSR count). The van der Waals surface area contributed by atoms with Gasteiger partial charge in [-0.15, -0.1) is 0 Å². The molecule has 0 bridgehead atoms. The second kappa shape index (κ2) is 8.56. The van der Waals surface area contributed by atoms with Crippen molar-refractivity contribution in [3.05, 3.63) is 77.1 Å². The van der Waals surface area contributed by atoms with Crippen LogP contribution in [0.5, 0.6) is 0 Å². The first-order chi connectivity index (χ1) is 13.5. The fraction of sp³-hybridized carbons (Fsp3) is 0.190. The maximum Gasteiger partial charge on any atom is 0.274 e. The summed E-state index contributed by atoms with van der Waals surface area (Å²) in [4.78, 5) is 20.9. The van der Waals surface area contributed by atoms with Crippen molar-refractivity contribution in [2.45, 2.75) is 26.7 Å². The van der Waals surface area contributed by atoms with Gasteiger partial charge in [-0.3, -0.25) is 4.79 Å². The summed E-state index contributed by atoms with van der Waals surface area (Å²) in [6.07, 6.45) is 2.96. The van der Waals surface area contributed by atoms with Gasteiger partial charge in [-0.1, -0.05) is 32.0 Å². The third-order valence-corrected chi connectivity index (χ3v) is 4.30. The molecule has 2 N–H and O–H groups in total. The fourth-order valence-electron chi connectivity index (χ4n) is 2.84. The smallest absolute Gasteiger partial charge is 0.274 e. The van der Waals surface area contributed by atoms with Gasteiger partial charge in [0.25, 0.3) is 5.91 Å². The number of halogens is 2. The van der Waals surface area contributed by atoms with Crippen LogP contribution >= 0.6 is 0 Å². The van der Waals surface area contributed by atoms with Gasteiger partial charge in [-0.05, 0) is 42.2 Å². The molecule has 0 saturated carbocycles. The summed E-state index contributed by atoms with van der Waals surface area (Å²) in [5, 5.41) is 5.59. The summed E-state index contributed by atoms with van der Waals surface area (Å²) in [7, 11) is 0. The average Bonchev–Trinajstić information content (AvgIpc) is 2.70. The largest absolute Gasteiger partial charge is 0.322 e. The lowest BCUT2D eigenvalue weighted by Gasteiger charge is -2.14. The van der Waals surface area contributed by atoms with Gasteiger partial charge in [0.15, 0.2) is 0 Å². The first-order valence-corrected chi connectivity index (χ1v) is 8.99. The van der Waals surface area contributed by atoms with E-state index in [1.165, 1.54) is 18.3 Å². The molecule has 1 amide bonds. The molecule has 144 valence electrons. The number of para-hydroxylation sites is 1. The summed E-state index contributed by atoms with van der Waals surface area (Å²) in [6, 6.07) is 10.5. The van der Waals surface area contributed by atoms with Crippen LogP contribution in [0.4, 0.5) is 26.1 Å². The Labute approximate surface area is 161 Å². The number of carbonyl (C=O) groups is 1. The van der Waals surface area contributed by atoms with E-state index in [1.54, 1.807) is 0 Å². The van der Waals surface area contributed by atoms with E-state index >= 15 is 0 Å². The van der Waals surface area contributed by atoms with Crippen molar-refractivity contribution in [1.82, 2.24) is 9.97 Å². The van der Waals surface area contributed by atoms with Gasteiger partial charge in [0, 0.05) is 18.0 Å². The highest BCUT2D eigenvalue weighted by Crippen LogP contribution is 2.23. The Kier molecular flexibility index (Phi) is 5.93. The van der Waals surface area contributed by atoms with Gasteiger partial charge in [0.2, 0.25) is 5.95 Å². The minimum Gasteiger partial charge on any atom is -0.322 e. The predicted molar refractivity (Wildman–Crippen MR) is 105 cm³/mol. The highest BCUT2D eigenvalue weighted by atomic mass is 19.1. The zero-order valence-corrected chi connectivity index (χ0v) is 15.6. The van der Waals surface area contributed by atoms with Gasteiger partial charge in [0.05, 0.1) is 5.69 Å². The number of hydrogen-bond acceptors (Lipinski definition) is 4. The number of rotatable bonds is 6. The zero-order chi connectivity index (χ0) is 20.1. The average molecular weight is 382 g/mol. The number of nitrogens with zero attached hydrogens (tertiary/aromatic N) is 2. The third kappa shape index (κ3) is 4.31. The first kappa shape index (κ1) is 19.4. The van der Waals surface area contributed by atoms with Crippen molar-refractivity contribution >= 4 is 23.2 Å². The van der Waals surface area contributed by atoms with Gasteiger partial charge in [-0.2, -0.15) is 0 Å². The minimum absolute atomic E-state index is 0.0172. The van der Waals surface area contributed by atoms with Crippen molar-refractivity contribution in [3.63, 3.8) is 0 Å². The van der Waals surface area contributed by atoms with Crippen molar-refractivity contribution in [1.29, 1.82) is 0 Å². The molecular weight excluding hydrogens is 362 g/mol. The SMILES string of the molecule is CCc1cccc(CC)c1NC(=O)c1ccnc(Nc2ccc(F)cc2F)n1. The lowest BCUT2D eigenvalue weighted by Crippen LogP contribution is -2.17. The van der Waals surface area contributed by atoms with Gasteiger partial charge in [0.1, 0.15) is 17.3 Å². The van der Waals surface area contributed by atoms with Crippen molar-refractivity contribution < 1.29 is 13.6 Å². The molecule has 0 unspecified atom stereocenters. The maximum atomic E-state index is 13.8. The molecule has 5 nitrogen and oxygen atoms in total. The van der Waals surface area contributed by atoms with E-state index in [2.05, 4.69) is 20.6 Å². The standard InChI is InChI=1S/C21H20F2N4O/c1-3-13-6-5-7-14(4-2)19(13)27-20(28)18-10-11-24-21(26-18)25-17-9-8-15(22)12-16(17)23/h5-12H,3-4H2,1-2H3,(H,27,28)(H,24,25,26). The summed E-state index contributed by atoms with van der Waals surface area (Å²) < 4.78 is 26.8. The van der Waals surface area contributed by atoms with E-state index < -0.39 is 11.6 Å². The highest BCUT2D eigenvalue weighted by Gasteiger charge is 2.14. The molecule has 28 heavy (non-hydrogen) atoms. The van der Waals surface area contributed by atoms with Crippen molar-refractivity contribution in [2.24, 2.45) is 0 Å². The second-order valence-electron chi connectivity index (χ2n) is 6.13. The molecule has 2 aromatic carbocycles. The van der Waals surface area contributed by atoms with E-state index in [0.717, 1.165) is 41.8 Å². The molecule has 0 aliphatic heterocycles. The molecule has 0 spiro atoms. The highest BCUT2D eigenvalue weighted by molar-refractivity contribution is 6.03. The normalized spacial score (nSPS) is 10.6. The Hall–Kier alpha value is -3.35. The van der Waals surface area contributed by atoms with Crippen molar-refractivity contribution in [2.75, 3.05) is 10.6 Å². The number of nitrogens with one attached hydrogen (secondary N) is 2.